The molecule has 0 atom stereocenters. The average molecular weight is 298 g/mol. The summed E-state index contributed by atoms with van der Waals surface area (Å²) >= 11 is 0. The number of fused-ring (bicyclic) bond motifs is 1. The van der Waals surface area contributed by atoms with Crippen LogP contribution in [-0.4, -0.2) is 22.9 Å². The topological polar surface area (TPSA) is 58.9 Å². The van der Waals surface area contributed by atoms with Gasteiger partial charge in [-0.2, -0.15) is 0 Å². The van der Waals surface area contributed by atoms with Crippen molar-refractivity contribution < 1.29 is 19.7 Å². The monoisotopic (exact) mass is 298 g/mol. The number of phenols is 2. The van der Waals surface area contributed by atoms with E-state index in [0.29, 0.717) is 0 Å². The highest BCUT2D eigenvalue weighted by Gasteiger charge is 2.22. The van der Waals surface area contributed by atoms with E-state index >= 15 is 0 Å². The van der Waals surface area contributed by atoms with Crippen LogP contribution in [0, 0.1) is 0 Å². The van der Waals surface area contributed by atoms with Gasteiger partial charge in [0.25, 0.3) is 0 Å². The fraction of sp³-hybridized carbons (Fsp3) is 0.222. The molecule has 4 heteroatoms. The Bertz CT molecular complexity index is 760. The van der Waals surface area contributed by atoms with Gasteiger partial charge in [0.05, 0.1) is 7.11 Å². The van der Waals surface area contributed by atoms with Gasteiger partial charge in [0.1, 0.15) is 11.4 Å². The van der Waals surface area contributed by atoms with E-state index in [4.69, 9.17) is 9.47 Å². The number of benzene rings is 2. The Balaban J connectivity index is 2.06. The predicted molar refractivity (Wildman–Crippen MR) is 85.5 cm³/mol. The Labute approximate surface area is 129 Å². The Morgan fingerprint density at radius 3 is 2.55 bits per heavy atom. The fourth-order valence-corrected chi connectivity index (χ4v) is 2.47. The number of ether oxygens (including phenoxy) is 2. The van der Waals surface area contributed by atoms with Crippen LogP contribution in [0.3, 0.4) is 0 Å². The molecule has 0 radical (unpaired) electrons. The third kappa shape index (κ3) is 2.48. The van der Waals surface area contributed by atoms with E-state index in [1.54, 1.807) is 6.07 Å². The maximum absolute atomic E-state index is 9.81. The molecule has 0 saturated heterocycles. The van der Waals surface area contributed by atoms with Crippen LogP contribution in [0.5, 0.6) is 23.0 Å². The highest BCUT2D eigenvalue weighted by Crippen LogP contribution is 2.41. The number of methoxy groups -OCH3 is 1. The summed E-state index contributed by atoms with van der Waals surface area (Å²) in [5.74, 6) is 0.598. The second-order valence-corrected chi connectivity index (χ2v) is 5.84. The lowest BCUT2D eigenvalue weighted by Crippen LogP contribution is -2.27. The van der Waals surface area contributed by atoms with Crippen molar-refractivity contribution in [2.75, 3.05) is 7.11 Å². The molecule has 0 unspecified atom stereocenters. The van der Waals surface area contributed by atoms with Crippen LogP contribution in [-0.2, 0) is 0 Å². The second-order valence-electron chi connectivity index (χ2n) is 5.84. The number of hydrogen-bond acceptors (Lipinski definition) is 4. The predicted octanol–water partition coefficient (Wildman–Crippen LogP) is 3.96. The fourth-order valence-electron chi connectivity index (χ4n) is 2.47. The zero-order valence-electron chi connectivity index (χ0n) is 12.8. The van der Waals surface area contributed by atoms with Crippen LogP contribution in [0.15, 0.2) is 36.4 Å². The maximum atomic E-state index is 9.81. The van der Waals surface area contributed by atoms with Gasteiger partial charge >= 0.3 is 0 Å². The van der Waals surface area contributed by atoms with E-state index in [1.807, 2.05) is 44.2 Å². The zero-order valence-corrected chi connectivity index (χ0v) is 12.8. The highest BCUT2D eigenvalue weighted by molar-refractivity contribution is 5.75. The summed E-state index contributed by atoms with van der Waals surface area (Å²) in [6.07, 6.45) is 4.04. The summed E-state index contributed by atoms with van der Waals surface area (Å²) in [6.45, 7) is 4.01. The summed E-state index contributed by atoms with van der Waals surface area (Å²) in [5, 5.41) is 19.5. The molecule has 2 aromatic carbocycles. The van der Waals surface area contributed by atoms with Crippen molar-refractivity contribution in [3.05, 3.63) is 42.0 Å². The molecule has 1 aliphatic rings. The Morgan fingerprint density at radius 1 is 1.05 bits per heavy atom. The number of aromatic hydroxyl groups is 2. The summed E-state index contributed by atoms with van der Waals surface area (Å²) in [4.78, 5) is 0. The molecule has 0 saturated carbocycles. The molecule has 2 aromatic rings. The maximum Gasteiger partial charge on any atom is 0.200 e. The summed E-state index contributed by atoms with van der Waals surface area (Å²) in [6, 6.07) is 9.00. The number of hydrogen-bond donors (Lipinski definition) is 2. The molecule has 0 aliphatic carbocycles. The van der Waals surface area contributed by atoms with Gasteiger partial charge in [-0.15, -0.1) is 0 Å². The third-order valence-corrected chi connectivity index (χ3v) is 3.66. The van der Waals surface area contributed by atoms with Gasteiger partial charge < -0.3 is 19.7 Å². The van der Waals surface area contributed by atoms with Crippen LogP contribution in [0.1, 0.15) is 19.4 Å². The van der Waals surface area contributed by atoms with Crippen LogP contribution in [0.25, 0.3) is 17.2 Å². The zero-order chi connectivity index (χ0) is 15.9. The molecule has 1 aliphatic heterocycles. The SMILES string of the molecule is COc1cc(-c2ccc3c(c2)C=CC(C)(C)O3)cc(O)c1O. The Hall–Kier alpha value is -2.62. The summed E-state index contributed by atoms with van der Waals surface area (Å²) < 4.78 is 11.0. The second kappa shape index (κ2) is 4.98. The third-order valence-electron chi connectivity index (χ3n) is 3.66. The van der Waals surface area contributed by atoms with E-state index < -0.39 is 0 Å². The van der Waals surface area contributed by atoms with Crippen molar-refractivity contribution in [1.29, 1.82) is 0 Å². The Morgan fingerprint density at radius 2 is 1.82 bits per heavy atom. The van der Waals surface area contributed by atoms with Crippen LogP contribution in [0.4, 0.5) is 0 Å². The van der Waals surface area contributed by atoms with Crippen LogP contribution in [0.2, 0.25) is 0 Å². The van der Waals surface area contributed by atoms with Crippen molar-refractivity contribution >= 4 is 6.08 Å². The van der Waals surface area contributed by atoms with Crippen molar-refractivity contribution in [1.82, 2.24) is 0 Å². The van der Waals surface area contributed by atoms with Crippen molar-refractivity contribution in [3.63, 3.8) is 0 Å². The first-order valence-electron chi connectivity index (χ1n) is 7.02. The van der Waals surface area contributed by atoms with Crippen LogP contribution >= 0.6 is 0 Å². The molecule has 3 rings (SSSR count). The molecule has 114 valence electrons. The van der Waals surface area contributed by atoms with E-state index in [0.717, 1.165) is 22.4 Å². The van der Waals surface area contributed by atoms with Gasteiger partial charge in [0.15, 0.2) is 11.5 Å². The molecule has 0 amide bonds. The highest BCUT2D eigenvalue weighted by atomic mass is 16.5. The minimum atomic E-state index is -0.311. The first-order valence-corrected chi connectivity index (χ1v) is 7.02. The van der Waals surface area contributed by atoms with Gasteiger partial charge in [0.2, 0.25) is 5.75 Å². The molecule has 1 heterocycles. The standard InChI is InChI=1S/C18H18O4/c1-18(2)7-6-12-8-11(4-5-15(12)22-18)13-9-14(19)17(20)16(10-13)21-3/h4-10,19-20H,1-3H3. The Kier molecular flexibility index (Phi) is 3.24. The van der Waals surface area contributed by atoms with E-state index in [9.17, 15) is 10.2 Å². The van der Waals surface area contributed by atoms with Gasteiger partial charge in [-0.1, -0.05) is 12.1 Å². The van der Waals surface area contributed by atoms with Crippen LogP contribution < -0.4 is 9.47 Å². The minimum absolute atomic E-state index is 0.208. The normalized spacial score (nSPS) is 15.0. The summed E-state index contributed by atoms with van der Waals surface area (Å²) in [5.41, 5.74) is 2.32. The number of phenolic OH excluding ortho intramolecular Hbond substituents is 2. The van der Waals surface area contributed by atoms with Gasteiger partial charge in [-0.3, -0.25) is 0 Å². The molecular weight excluding hydrogens is 280 g/mol. The molecule has 0 fully saturated rings. The average Bonchev–Trinajstić information content (AvgIpc) is 2.48. The number of rotatable bonds is 2. The lowest BCUT2D eigenvalue weighted by atomic mass is 9.97. The van der Waals surface area contributed by atoms with Gasteiger partial charge in [-0.25, -0.2) is 0 Å². The van der Waals surface area contributed by atoms with E-state index in [2.05, 4.69) is 0 Å². The molecular formula is C18H18O4. The molecule has 2 N–H and O–H groups in total. The van der Waals surface area contributed by atoms with Crippen molar-refractivity contribution in [3.8, 4) is 34.1 Å². The first kappa shape index (κ1) is 14.3. The molecule has 4 nitrogen and oxygen atoms in total. The first-order chi connectivity index (χ1) is 10.4. The van der Waals surface area contributed by atoms with Crippen molar-refractivity contribution in [2.45, 2.75) is 19.4 Å². The smallest absolute Gasteiger partial charge is 0.200 e. The molecule has 22 heavy (non-hydrogen) atoms. The molecule has 0 bridgehead atoms. The minimum Gasteiger partial charge on any atom is -0.504 e. The molecule has 0 spiro atoms. The van der Waals surface area contributed by atoms with E-state index in [1.165, 1.54) is 13.2 Å². The largest absolute Gasteiger partial charge is 0.504 e. The van der Waals surface area contributed by atoms with Gasteiger partial charge in [0, 0.05) is 5.56 Å². The molecule has 0 aromatic heterocycles. The quantitative estimate of drug-likeness (QED) is 0.824. The summed E-state index contributed by atoms with van der Waals surface area (Å²) in [7, 11) is 1.45. The van der Waals surface area contributed by atoms with E-state index in [-0.39, 0.29) is 22.8 Å². The lowest BCUT2D eigenvalue weighted by molar-refractivity contribution is 0.159. The lowest BCUT2D eigenvalue weighted by Gasteiger charge is -2.28. The van der Waals surface area contributed by atoms with Crippen molar-refractivity contribution in [2.24, 2.45) is 0 Å². The van der Waals surface area contributed by atoms with Gasteiger partial charge in [-0.05, 0) is 55.3 Å².